The first-order valence-electron chi connectivity index (χ1n) is 8.58. The smallest absolute Gasteiger partial charge is 0.157 e. The number of nitrogens with one attached hydrogen (secondary N) is 1. The summed E-state index contributed by atoms with van der Waals surface area (Å²) in [4.78, 5) is 4.81. The van der Waals surface area contributed by atoms with Crippen LogP contribution in [0.25, 0.3) is 0 Å². The van der Waals surface area contributed by atoms with E-state index in [0.29, 0.717) is 27.5 Å². The van der Waals surface area contributed by atoms with E-state index in [1.54, 1.807) is 0 Å². The fourth-order valence-electron chi connectivity index (χ4n) is 5.07. The van der Waals surface area contributed by atoms with Crippen LogP contribution in [0.5, 0.6) is 0 Å². The zero-order chi connectivity index (χ0) is 15.5. The summed E-state index contributed by atoms with van der Waals surface area (Å²) in [5, 5.41) is 5.76. The number of amidine groups is 1. The van der Waals surface area contributed by atoms with Crippen LogP contribution in [0.2, 0.25) is 0 Å². The highest BCUT2D eigenvalue weighted by atomic mass is 32.2. The molecule has 1 N–H and O–H groups in total. The Morgan fingerprint density at radius 1 is 1.29 bits per heavy atom. The van der Waals surface area contributed by atoms with Crippen LogP contribution in [0.3, 0.4) is 0 Å². The monoisotopic (exact) mass is 308 g/mol. The van der Waals surface area contributed by atoms with Crippen molar-refractivity contribution in [3.63, 3.8) is 0 Å². The summed E-state index contributed by atoms with van der Waals surface area (Å²) < 4.78 is 0. The number of hydrogen-bond acceptors (Lipinski definition) is 3. The zero-order valence-electron chi connectivity index (χ0n) is 14.6. The van der Waals surface area contributed by atoms with Gasteiger partial charge in [0.25, 0.3) is 0 Å². The molecule has 1 heterocycles. The van der Waals surface area contributed by atoms with Crippen molar-refractivity contribution < 1.29 is 0 Å². The van der Waals surface area contributed by atoms with Gasteiger partial charge in [0, 0.05) is 11.3 Å². The molecule has 2 aliphatic carbocycles. The zero-order valence-corrected chi connectivity index (χ0v) is 15.4. The second-order valence-corrected chi connectivity index (χ2v) is 10.9. The largest absolute Gasteiger partial charge is 0.361 e. The van der Waals surface area contributed by atoms with Crippen LogP contribution in [0.1, 0.15) is 67.2 Å². The highest BCUT2D eigenvalue weighted by Gasteiger charge is 2.59. The van der Waals surface area contributed by atoms with E-state index in [0.717, 1.165) is 12.5 Å². The first-order chi connectivity index (χ1) is 9.60. The van der Waals surface area contributed by atoms with E-state index in [9.17, 15) is 0 Å². The van der Waals surface area contributed by atoms with Crippen molar-refractivity contribution in [2.45, 2.75) is 78.5 Å². The molecule has 2 saturated carbocycles. The van der Waals surface area contributed by atoms with Gasteiger partial charge in [-0.3, -0.25) is 4.99 Å². The normalized spacial score (nSPS) is 41.4. The van der Waals surface area contributed by atoms with Crippen molar-refractivity contribution in [3.8, 4) is 0 Å². The minimum Gasteiger partial charge on any atom is -0.361 e. The van der Waals surface area contributed by atoms with Gasteiger partial charge < -0.3 is 5.32 Å². The highest BCUT2D eigenvalue weighted by molar-refractivity contribution is 8.14. The van der Waals surface area contributed by atoms with Gasteiger partial charge in [0.05, 0.1) is 6.54 Å². The molecule has 2 bridgehead atoms. The molecule has 4 atom stereocenters. The molecule has 1 aliphatic heterocycles. The first kappa shape index (κ1) is 15.7. The molecule has 2 fully saturated rings. The maximum Gasteiger partial charge on any atom is 0.157 e. The summed E-state index contributed by atoms with van der Waals surface area (Å²) in [6.07, 6.45) is 5.47. The fraction of sp³-hybridized carbons (Fsp3) is 0.944. The van der Waals surface area contributed by atoms with Crippen molar-refractivity contribution in [2.75, 3.05) is 6.54 Å². The predicted octanol–water partition coefficient (Wildman–Crippen LogP) is 4.70. The molecule has 0 aromatic heterocycles. The molecule has 0 spiro atoms. The van der Waals surface area contributed by atoms with Crippen LogP contribution in [0.15, 0.2) is 4.99 Å². The molecule has 21 heavy (non-hydrogen) atoms. The van der Waals surface area contributed by atoms with Gasteiger partial charge in [-0.2, -0.15) is 0 Å². The molecule has 0 amide bonds. The van der Waals surface area contributed by atoms with Crippen LogP contribution < -0.4 is 5.32 Å². The molecule has 3 rings (SSSR count). The van der Waals surface area contributed by atoms with Gasteiger partial charge in [0.2, 0.25) is 0 Å². The molecule has 0 aromatic carbocycles. The van der Waals surface area contributed by atoms with Crippen LogP contribution >= 0.6 is 11.8 Å². The Morgan fingerprint density at radius 3 is 2.57 bits per heavy atom. The van der Waals surface area contributed by atoms with E-state index >= 15 is 0 Å². The number of fused-ring (bicyclic) bond motifs is 2. The topological polar surface area (TPSA) is 24.4 Å². The van der Waals surface area contributed by atoms with Gasteiger partial charge in [0.15, 0.2) is 5.17 Å². The molecule has 0 aromatic rings. The lowest BCUT2D eigenvalue weighted by Gasteiger charge is -2.43. The summed E-state index contributed by atoms with van der Waals surface area (Å²) in [6.45, 7) is 15.4. The third-order valence-corrected chi connectivity index (χ3v) is 7.21. The number of hydrogen-bond donors (Lipinski definition) is 1. The second-order valence-electron chi connectivity index (χ2n) is 9.64. The van der Waals surface area contributed by atoms with Crippen molar-refractivity contribution in [2.24, 2.45) is 27.2 Å². The SMILES string of the molecule is CC(C)(C)CC1CN=C(NC2C3(C)CCC(C3)C2(C)C)S1. The van der Waals surface area contributed by atoms with Crippen molar-refractivity contribution in [1.82, 2.24) is 5.32 Å². The van der Waals surface area contributed by atoms with Crippen LogP contribution in [-0.2, 0) is 0 Å². The van der Waals surface area contributed by atoms with E-state index in [1.807, 2.05) is 11.8 Å². The lowest BCUT2D eigenvalue weighted by Crippen LogP contribution is -2.51. The molecule has 120 valence electrons. The molecular weight excluding hydrogens is 276 g/mol. The van der Waals surface area contributed by atoms with Crippen LogP contribution in [-0.4, -0.2) is 23.0 Å². The van der Waals surface area contributed by atoms with Crippen LogP contribution in [0, 0.1) is 22.2 Å². The average Bonchev–Trinajstić information content (AvgIpc) is 2.94. The highest BCUT2D eigenvalue weighted by Crippen LogP contribution is 2.62. The minimum atomic E-state index is 0.403. The standard InChI is InChI=1S/C18H32N2S/c1-16(2,3)10-13-11-19-15(21-13)20-14-17(4,5)12-7-8-18(14,6)9-12/h12-14H,7-11H2,1-6H3,(H,19,20). The van der Waals surface area contributed by atoms with E-state index in [-0.39, 0.29) is 0 Å². The maximum atomic E-state index is 4.81. The van der Waals surface area contributed by atoms with Crippen LogP contribution in [0.4, 0.5) is 0 Å². The van der Waals surface area contributed by atoms with E-state index < -0.39 is 0 Å². The fourth-order valence-corrected chi connectivity index (χ4v) is 6.45. The molecular formula is C18H32N2S. The van der Waals surface area contributed by atoms with Crippen molar-refractivity contribution >= 4 is 16.9 Å². The number of thioether (sulfide) groups is 1. The van der Waals surface area contributed by atoms with E-state index in [4.69, 9.17) is 4.99 Å². The number of aliphatic imine (C=N–C) groups is 1. The third-order valence-electron chi connectivity index (χ3n) is 6.09. The van der Waals surface area contributed by atoms with Crippen molar-refractivity contribution in [3.05, 3.63) is 0 Å². The molecule has 0 radical (unpaired) electrons. The second kappa shape index (κ2) is 4.91. The Kier molecular flexibility index (Phi) is 3.67. The van der Waals surface area contributed by atoms with E-state index in [2.05, 4.69) is 46.9 Å². The summed E-state index contributed by atoms with van der Waals surface area (Å²) >= 11 is 1.99. The molecule has 2 nitrogen and oxygen atoms in total. The lowest BCUT2D eigenvalue weighted by atomic mass is 9.68. The summed E-state index contributed by atoms with van der Waals surface area (Å²) in [5.41, 5.74) is 1.30. The van der Waals surface area contributed by atoms with Gasteiger partial charge >= 0.3 is 0 Å². The van der Waals surface area contributed by atoms with Gasteiger partial charge in [-0.1, -0.05) is 53.3 Å². The Morgan fingerprint density at radius 2 is 2.00 bits per heavy atom. The minimum absolute atomic E-state index is 0.403. The van der Waals surface area contributed by atoms with Gasteiger partial charge in [-0.05, 0) is 47.8 Å². The quantitative estimate of drug-likeness (QED) is 0.799. The summed E-state index contributed by atoms with van der Waals surface area (Å²) in [5.74, 6) is 0.900. The lowest BCUT2D eigenvalue weighted by molar-refractivity contribution is 0.126. The van der Waals surface area contributed by atoms with Gasteiger partial charge in [0.1, 0.15) is 0 Å². The van der Waals surface area contributed by atoms with Crippen molar-refractivity contribution in [1.29, 1.82) is 0 Å². The molecule has 3 heteroatoms. The van der Waals surface area contributed by atoms with Gasteiger partial charge in [-0.25, -0.2) is 0 Å². The van der Waals surface area contributed by atoms with E-state index in [1.165, 1.54) is 30.9 Å². The maximum absolute atomic E-state index is 4.81. The predicted molar refractivity (Wildman–Crippen MR) is 93.9 cm³/mol. The Labute approximate surface area is 134 Å². The summed E-state index contributed by atoms with van der Waals surface area (Å²) in [7, 11) is 0. The number of nitrogens with zero attached hydrogens (tertiary/aromatic N) is 1. The third kappa shape index (κ3) is 2.87. The first-order valence-corrected chi connectivity index (χ1v) is 9.46. The average molecular weight is 309 g/mol. The molecule has 0 saturated heterocycles. The molecule has 4 unspecified atom stereocenters. The Hall–Kier alpha value is -0.180. The molecule has 3 aliphatic rings. The summed E-state index contributed by atoms with van der Waals surface area (Å²) in [6, 6.07) is 0.600. The Bertz CT molecular complexity index is 444. The number of rotatable bonds is 2. The Balaban J connectivity index is 1.63. The van der Waals surface area contributed by atoms with Gasteiger partial charge in [-0.15, -0.1) is 0 Å².